The molecule has 0 aliphatic carbocycles. The van der Waals surface area contributed by atoms with Crippen molar-refractivity contribution in [2.75, 3.05) is 39.5 Å². The summed E-state index contributed by atoms with van der Waals surface area (Å²) in [6, 6.07) is 0. The smallest absolute Gasteiger partial charge is 0.407 e. The van der Waals surface area contributed by atoms with Crippen molar-refractivity contribution in [3.63, 3.8) is 0 Å². The van der Waals surface area contributed by atoms with E-state index in [0.717, 1.165) is 38.5 Å². The molecule has 0 saturated carbocycles. The number of unbranched alkanes of at least 4 members (excludes halogenated alkanes) is 39. The fourth-order valence-electron chi connectivity index (χ4n) is 8.77. The maximum absolute atomic E-state index is 12.8. The molecule has 0 aliphatic rings. The third-order valence-corrected chi connectivity index (χ3v) is 13.7. The van der Waals surface area contributed by atoms with Crippen molar-refractivity contribution in [2.45, 2.75) is 304 Å². The first kappa shape index (κ1) is 63.8. The van der Waals surface area contributed by atoms with Gasteiger partial charge in [0.05, 0.1) is 5.41 Å². The minimum Gasteiger partial charge on any atom is -0.449 e. The van der Waals surface area contributed by atoms with Crippen LogP contribution in [-0.2, 0) is 14.2 Å². The van der Waals surface area contributed by atoms with Gasteiger partial charge in [-0.05, 0) is 25.7 Å². The Kier molecular flexibility index (Phi) is 50.5. The molecule has 3 N–H and O–H groups in total. The minimum atomic E-state index is -0.856. The topological polar surface area (TPSA) is 115 Å². The Morgan fingerprint density at radius 1 is 0.273 bits per heavy atom. The fraction of sp³-hybridized carbons (Fsp3) is 0.947. The number of hydrogen-bond acceptors (Lipinski definition) is 6. The van der Waals surface area contributed by atoms with E-state index in [4.69, 9.17) is 14.2 Å². The maximum Gasteiger partial charge on any atom is 0.407 e. The van der Waals surface area contributed by atoms with E-state index in [2.05, 4.69) is 36.7 Å². The lowest BCUT2D eigenvalue weighted by atomic mass is 9.88. The van der Waals surface area contributed by atoms with Crippen LogP contribution in [0.1, 0.15) is 304 Å². The highest BCUT2D eigenvalue weighted by molar-refractivity contribution is 5.68. The Morgan fingerprint density at radius 2 is 0.439 bits per heavy atom. The van der Waals surface area contributed by atoms with Gasteiger partial charge >= 0.3 is 18.3 Å². The van der Waals surface area contributed by atoms with E-state index < -0.39 is 23.7 Å². The lowest BCUT2D eigenvalue weighted by Crippen LogP contribution is -2.42. The largest absolute Gasteiger partial charge is 0.449 e. The van der Waals surface area contributed by atoms with Crippen molar-refractivity contribution >= 4 is 18.3 Å². The Labute approximate surface area is 410 Å². The zero-order valence-electron chi connectivity index (χ0n) is 44.6. The molecular formula is C57H113N3O6. The first-order valence-electron chi connectivity index (χ1n) is 29.1. The Morgan fingerprint density at radius 3 is 0.606 bits per heavy atom. The van der Waals surface area contributed by atoms with Crippen molar-refractivity contribution in [1.29, 1.82) is 0 Å². The second-order valence-electron chi connectivity index (χ2n) is 20.2. The summed E-state index contributed by atoms with van der Waals surface area (Å²) >= 11 is 0. The summed E-state index contributed by atoms with van der Waals surface area (Å²) in [5.41, 5.74) is -0.856. The summed E-state index contributed by atoms with van der Waals surface area (Å²) < 4.78 is 17.1. The molecule has 0 rings (SSSR count). The van der Waals surface area contributed by atoms with Gasteiger partial charge in [-0.2, -0.15) is 0 Å². The van der Waals surface area contributed by atoms with Crippen LogP contribution in [0.25, 0.3) is 0 Å². The molecule has 0 aromatic heterocycles. The summed E-state index contributed by atoms with van der Waals surface area (Å²) in [6.07, 6.45) is 53.1. The van der Waals surface area contributed by atoms with E-state index in [1.807, 2.05) is 6.92 Å². The van der Waals surface area contributed by atoms with E-state index in [1.54, 1.807) is 0 Å². The van der Waals surface area contributed by atoms with Crippen LogP contribution in [-0.4, -0.2) is 57.7 Å². The van der Waals surface area contributed by atoms with Gasteiger partial charge in [-0.15, -0.1) is 0 Å². The van der Waals surface area contributed by atoms with Gasteiger partial charge < -0.3 is 30.2 Å². The summed E-state index contributed by atoms with van der Waals surface area (Å²) in [5, 5.41) is 8.68. The number of carbonyl (C=O) groups excluding carboxylic acids is 3. The predicted molar refractivity (Wildman–Crippen MR) is 282 cm³/mol. The summed E-state index contributed by atoms with van der Waals surface area (Å²) in [4.78, 5) is 38.3. The number of amides is 3. The highest BCUT2D eigenvalue weighted by Gasteiger charge is 2.34. The maximum atomic E-state index is 12.8. The zero-order valence-corrected chi connectivity index (χ0v) is 44.6. The number of ether oxygens (including phenoxy) is 3. The third-order valence-electron chi connectivity index (χ3n) is 13.7. The second-order valence-corrected chi connectivity index (χ2v) is 20.2. The highest BCUT2D eigenvalue weighted by Crippen LogP contribution is 2.25. The third kappa shape index (κ3) is 46.9. The predicted octanol–water partition coefficient (Wildman–Crippen LogP) is 18.0. The number of carbonyl (C=O) groups is 3. The van der Waals surface area contributed by atoms with Crippen LogP contribution in [0, 0.1) is 5.41 Å². The number of hydrogen-bond donors (Lipinski definition) is 3. The van der Waals surface area contributed by atoms with Gasteiger partial charge in [-0.3, -0.25) is 0 Å². The van der Waals surface area contributed by atoms with Gasteiger partial charge in [-0.25, -0.2) is 14.4 Å². The van der Waals surface area contributed by atoms with Crippen LogP contribution in [0.5, 0.6) is 0 Å². The van der Waals surface area contributed by atoms with E-state index in [1.165, 1.54) is 231 Å². The SMILES string of the molecule is CCCCCCCCCCCCCCCCNC(=O)OCC(CC)(COC(=O)NCCCCCCCCCCCCCCCC)COC(=O)NCCCCCCCCCCCCCCCC. The second kappa shape index (κ2) is 52.2. The molecule has 0 radical (unpaired) electrons. The monoisotopic (exact) mass is 936 g/mol. The van der Waals surface area contributed by atoms with E-state index in [-0.39, 0.29) is 19.8 Å². The quantitative estimate of drug-likeness (QED) is 0.0413. The van der Waals surface area contributed by atoms with Gasteiger partial charge in [0.2, 0.25) is 0 Å². The molecule has 0 aliphatic heterocycles. The summed E-state index contributed by atoms with van der Waals surface area (Å²) in [5.74, 6) is 0. The molecule has 0 spiro atoms. The van der Waals surface area contributed by atoms with Gasteiger partial charge in [0.15, 0.2) is 0 Å². The zero-order chi connectivity index (χ0) is 48.1. The van der Waals surface area contributed by atoms with Gasteiger partial charge in [-0.1, -0.05) is 278 Å². The van der Waals surface area contributed by atoms with Crippen molar-refractivity contribution in [3.05, 3.63) is 0 Å². The summed E-state index contributed by atoms with van der Waals surface area (Å²) in [7, 11) is 0. The minimum absolute atomic E-state index is 0.0213. The summed E-state index contributed by atoms with van der Waals surface area (Å²) in [6.45, 7) is 10.4. The van der Waals surface area contributed by atoms with Gasteiger partial charge in [0, 0.05) is 19.6 Å². The molecule has 0 aromatic rings. The molecule has 9 heteroatoms. The molecular weight excluding hydrogens is 823 g/mol. The molecule has 0 unspecified atom stereocenters. The van der Waals surface area contributed by atoms with Crippen molar-refractivity contribution < 1.29 is 28.6 Å². The van der Waals surface area contributed by atoms with E-state index >= 15 is 0 Å². The van der Waals surface area contributed by atoms with Gasteiger partial charge in [0.25, 0.3) is 0 Å². The van der Waals surface area contributed by atoms with Crippen molar-refractivity contribution in [3.8, 4) is 0 Å². The van der Waals surface area contributed by atoms with Crippen molar-refractivity contribution in [2.24, 2.45) is 5.41 Å². The molecule has 0 heterocycles. The Bertz CT molecular complexity index is 907. The van der Waals surface area contributed by atoms with Gasteiger partial charge in [0.1, 0.15) is 19.8 Å². The number of alkyl carbamates (subject to hydrolysis) is 3. The van der Waals surface area contributed by atoms with Crippen LogP contribution in [0.3, 0.4) is 0 Å². The molecule has 3 amide bonds. The standard InChI is InChI=1S/C57H113N3O6/c1-5-9-12-15-18-21-24-27-30-33-36-39-42-45-48-58-54(61)64-51-57(8-4,52-65-55(62)59-49-46-43-40-37-34-31-28-25-22-19-16-13-10-6-2)53-66-56(63)60-50-47-44-41-38-35-32-29-26-23-20-17-14-11-7-3/h5-53H2,1-4H3,(H,58,61)(H,59,62)(H,60,63). The van der Waals surface area contributed by atoms with Crippen LogP contribution in [0.4, 0.5) is 14.4 Å². The van der Waals surface area contributed by atoms with Crippen LogP contribution in [0.2, 0.25) is 0 Å². The van der Waals surface area contributed by atoms with Crippen LogP contribution in [0.15, 0.2) is 0 Å². The molecule has 392 valence electrons. The van der Waals surface area contributed by atoms with Crippen LogP contribution >= 0.6 is 0 Å². The molecule has 66 heavy (non-hydrogen) atoms. The average Bonchev–Trinajstić information content (AvgIpc) is 3.32. The molecule has 9 nitrogen and oxygen atoms in total. The first-order valence-corrected chi connectivity index (χ1v) is 29.1. The molecule has 0 aromatic carbocycles. The lowest BCUT2D eigenvalue weighted by molar-refractivity contribution is -0.0175. The highest BCUT2D eigenvalue weighted by atomic mass is 16.6. The first-order chi connectivity index (χ1) is 32.4. The Balaban J connectivity index is 4.53. The Hall–Kier alpha value is -2.19. The number of rotatable bonds is 52. The molecule has 0 saturated heterocycles. The molecule has 0 fully saturated rings. The average molecular weight is 937 g/mol. The van der Waals surface area contributed by atoms with Crippen LogP contribution < -0.4 is 16.0 Å². The van der Waals surface area contributed by atoms with E-state index in [0.29, 0.717) is 26.1 Å². The number of nitrogens with one attached hydrogen (secondary N) is 3. The molecule has 0 bridgehead atoms. The van der Waals surface area contributed by atoms with Crippen molar-refractivity contribution in [1.82, 2.24) is 16.0 Å². The lowest BCUT2D eigenvalue weighted by Gasteiger charge is -2.31. The molecule has 0 atom stereocenters. The van der Waals surface area contributed by atoms with E-state index in [9.17, 15) is 14.4 Å². The fourth-order valence-corrected chi connectivity index (χ4v) is 8.77. The normalized spacial score (nSPS) is 11.5.